The summed E-state index contributed by atoms with van der Waals surface area (Å²) < 4.78 is 37.7. The Kier molecular flexibility index (Phi) is 4.09. The van der Waals surface area contributed by atoms with Crippen LogP contribution >= 0.6 is 11.6 Å². The molecule has 0 fully saturated rings. The molecule has 0 atom stereocenters. The van der Waals surface area contributed by atoms with Crippen LogP contribution in [0, 0.1) is 0 Å². The van der Waals surface area contributed by atoms with Crippen LogP contribution in [0.2, 0.25) is 5.02 Å². The van der Waals surface area contributed by atoms with E-state index < -0.39 is 11.7 Å². The van der Waals surface area contributed by atoms with Gasteiger partial charge in [0, 0.05) is 22.8 Å². The van der Waals surface area contributed by atoms with Crippen LogP contribution in [0.5, 0.6) is 5.75 Å². The van der Waals surface area contributed by atoms with Gasteiger partial charge in [0.25, 0.3) is 0 Å². The standard InChI is InChI=1S/C14H11ClF3NO/c15-12-5-2-6-13(20)11(12)8-19-10-4-1-3-9(7-10)14(16,17)18/h1-7,19-20H,8H2. The lowest BCUT2D eigenvalue weighted by Crippen LogP contribution is -2.06. The first-order valence-corrected chi connectivity index (χ1v) is 6.13. The van der Waals surface area contributed by atoms with Crippen LogP contribution in [0.4, 0.5) is 18.9 Å². The van der Waals surface area contributed by atoms with Crippen LogP contribution in [0.3, 0.4) is 0 Å². The summed E-state index contributed by atoms with van der Waals surface area (Å²) >= 11 is 5.92. The number of phenols is 1. The summed E-state index contributed by atoms with van der Waals surface area (Å²) in [6.07, 6.45) is -4.38. The number of halogens is 4. The third kappa shape index (κ3) is 3.36. The van der Waals surface area contributed by atoms with Crippen LogP contribution in [0.25, 0.3) is 0 Å². The number of phenolic OH excluding ortho intramolecular Hbond substituents is 1. The molecule has 0 saturated heterocycles. The maximum atomic E-state index is 12.6. The lowest BCUT2D eigenvalue weighted by Gasteiger charge is -2.12. The Morgan fingerprint density at radius 1 is 1.10 bits per heavy atom. The fraction of sp³-hybridized carbons (Fsp3) is 0.143. The molecule has 0 aliphatic carbocycles. The zero-order valence-electron chi connectivity index (χ0n) is 10.2. The second-order valence-electron chi connectivity index (χ2n) is 4.17. The molecule has 0 aliphatic rings. The molecule has 6 heteroatoms. The first-order valence-electron chi connectivity index (χ1n) is 5.75. The zero-order chi connectivity index (χ0) is 14.8. The maximum absolute atomic E-state index is 12.6. The summed E-state index contributed by atoms with van der Waals surface area (Å²) in [4.78, 5) is 0. The van der Waals surface area contributed by atoms with Crippen molar-refractivity contribution in [3.8, 4) is 5.75 Å². The van der Waals surface area contributed by atoms with E-state index in [0.717, 1.165) is 12.1 Å². The summed E-state index contributed by atoms with van der Waals surface area (Å²) in [5.41, 5.74) is 0.0107. The van der Waals surface area contributed by atoms with Crippen molar-refractivity contribution in [2.45, 2.75) is 12.7 Å². The van der Waals surface area contributed by atoms with E-state index in [4.69, 9.17) is 11.6 Å². The Labute approximate surface area is 118 Å². The van der Waals surface area contributed by atoms with Gasteiger partial charge < -0.3 is 10.4 Å². The second-order valence-corrected chi connectivity index (χ2v) is 4.58. The highest BCUT2D eigenvalue weighted by molar-refractivity contribution is 6.31. The van der Waals surface area contributed by atoms with Crippen LogP contribution in [0.1, 0.15) is 11.1 Å². The van der Waals surface area contributed by atoms with Crippen molar-refractivity contribution in [1.82, 2.24) is 0 Å². The number of benzene rings is 2. The van der Waals surface area contributed by atoms with Gasteiger partial charge in [0.2, 0.25) is 0 Å². The molecule has 0 saturated carbocycles. The van der Waals surface area contributed by atoms with Crippen LogP contribution < -0.4 is 5.32 Å². The molecule has 2 aromatic rings. The molecule has 2 aromatic carbocycles. The molecule has 0 bridgehead atoms. The Balaban J connectivity index is 2.16. The maximum Gasteiger partial charge on any atom is 0.416 e. The molecule has 0 amide bonds. The topological polar surface area (TPSA) is 32.3 Å². The van der Waals surface area contributed by atoms with Gasteiger partial charge in [-0.15, -0.1) is 0 Å². The lowest BCUT2D eigenvalue weighted by atomic mass is 10.1. The van der Waals surface area contributed by atoms with Crippen molar-refractivity contribution < 1.29 is 18.3 Å². The van der Waals surface area contributed by atoms with E-state index in [2.05, 4.69) is 5.32 Å². The Bertz CT molecular complexity index is 593. The van der Waals surface area contributed by atoms with Gasteiger partial charge in [-0.2, -0.15) is 13.2 Å². The molecule has 106 valence electrons. The Morgan fingerprint density at radius 2 is 1.80 bits per heavy atom. The number of hydrogen-bond donors (Lipinski definition) is 2. The van der Waals surface area contributed by atoms with E-state index in [1.54, 1.807) is 12.1 Å². The van der Waals surface area contributed by atoms with Gasteiger partial charge in [0.15, 0.2) is 0 Å². The van der Waals surface area contributed by atoms with Crippen LogP contribution in [-0.2, 0) is 12.7 Å². The zero-order valence-corrected chi connectivity index (χ0v) is 11.0. The van der Waals surface area contributed by atoms with Gasteiger partial charge >= 0.3 is 6.18 Å². The first-order chi connectivity index (χ1) is 9.38. The van der Waals surface area contributed by atoms with Gasteiger partial charge in [0.1, 0.15) is 5.75 Å². The van der Waals surface area contributed by atoms with Gasteiger partial charge in [-0.3, -0.25) is 0 Å². The third-order valence-electron chi connectivity index (χ3n) is 2.75. The Hall–Kier alpha value is -1.88. The fourth-order valence-corrected chi connectivity index (χ4v) is 1.95. The van der Waals surface area contributed by atoms with Crippen molar-refractivity contribution in [3.05, 3.63) is 58.6 Å². The van der Waals surface area contributed by atoms with Crippen molar-refractivity contribution in [1.29, 1.82) is 0 Å². The summed E-state index contributed by atoms with van der Waals surface area (Å²) in [6.45, 7) is 0.132. The van der Waals surface area contributed by atoms with E-state index in [9.17, 15) is 18.3 Å². The van der Waals surface area contributed by atoms with Crippen molar-refractivity contribution in [2.24, 2.45) is 0 Å². The quantitative estimate of drug-likeness (QED) is 0.863. The SMILES string of the molecule is Oc1cccc(Cl)c1CNc1cccc(C(F)(F)F)c1. The molecule has 2 N–H and O–H groups in total. The third-order valence-corrected chi connectivity index (χ3v) is 3.11. The largest absolute Gasteiger partial charge is 0.508 e. The summed E-state index contributed by atoms with van der Waals surface area (Å²) in [5.74, 6) is -0.00280. The predicted molar refractivity (Wildman–Crippen MR) is 71.9 cm³/mol. The molecule has 2 rings (SSSR count). The average Bonchev–Trinajstić information content (AvgIpc) is 2.37. The molecule has 0 aromatic heterocycles. The molecular weight excluding hydrogens is 291 g/mol. The molecule has 0 unspecified atom stereocenters. The highest BCUT2D eigenvalue weighted by Gasteiger charge is 2.30. The Morgan fingerprint density at radius 3 is 2.45 bits per heavy atom. The highest BCUT2D eigenvalue weighted by Crippen LogP contribution is 2.31. The highest BCUT2D eigenvalue weighted by atomic mass is 35.5. The molecule has 0 aliphatic heterocycles. The summed E-state index contributed by atoms with van der Waals surface area (Å²) in [5, 5.41) is 12.8. The summed E-state index contributed by atoms with van der Waals surface area (Å²) in [7, 11) is 0. The predicted octanol–water partition coefficient (Wildman–Crippen LogP) is 4.68. The number of anilines is 1. The first kappa shape index (κ1) is 14.5. The molecule has 0 radical (unpaired) electrons. The smallest absolute Gasteiger partial charge is 0.416 e. The number of rotatable bonds is 3. The lowest BCUT2D eigenvalue weighted by molar-refractivity contribution is -0.137. The minimum absolute atomic E-state index is 0.00280. The van der Waals surface area contributed by atoms with Gasteiger partial charge in [-0.25, -0.2) is 0 Å². The van der Waals surface area contributed by atoms with E-state index in [0.29, 0.717) is 16.3 Å². The monoisotopic (exact) mass is 301 g/mol. The van der Waals surface area contributed by atoms with E-state index in [-0.39, 0.29) is 12.3 Å². The van der Waals surface area contributed by atoms with Crippen LogP contribution in [-0.4, -0.2) is 5.11 Å². The van der Waals surface area contributed by atoms with Gasteiger partial charge in [-0.05, 0) is 30.3 Å². The average molecular weight is 302 g/mol. The van der Waals surface area contributed by atoms with Crippen LogP contribution in [0.15, 0.2) is 42.5 Å². The fourth-order valence-electron chi connectivity index (χ4n) is 1.72. The number of aromatic hydroxyl groups is 1. The van der Waals surface area contributed by atoms with E-state index in [1.807, 2.05) is 0 Å². The molecule has 0 heterocycles. The second kappa shape index (κ2) is 5.63. The van der Waals surface area contributed by atoms with Crippen molar-refractivity contribution in [2.75, 3.05) is 5.32 Å². The minimum atomic E-state index is -4.38. The van der Waals surface area contributed by atoms with E-state index >= 15 is 0 Å². The number of hydrogen-bond acceptors (Lipinski definition) is 2. The number of alkyl halides is 3. The van der Waals surface area contributed by atoms with Gasteiger partial charge in [-0.1, -0.05) is 23.7 Å². The van der Waals surface area contributed by atoms with Crippen molar-refractivity contribution in [3.63, 3.8) is 0 Å². The van der Waals surface area contributed by atoms with Crippen molar-refractivity contribution >= 4 is 17.3 Å². The van der Waals surface area contributed by atoms with Gasteiger partial charge in [0.05, 0.1) is 5.56 Å². The summed E-state index contributed by atoms with van der Waals surface area (Å²) in [6, 6.07) is 9.50. The normalized spacial score (nSPS) is 11.4. The molecule has 0 spiro atoms. The molecule has 2 nitrogen and oxygen atoms in total. The minimum Gasteiger partial charge on any atom is -0.508 e. The molecular formula is C14H11ClF3NO. The number of nitrogens with one attached hydrogen (secondary N) is 1. The molecule has 20 heavy (non-hydrogen) atoms. The van der Waals surface area contributed by atoms with E-state index in [1.165, 1.54) is 18.2 Å².